The van der Waals surface area contributed by atoms with Crippen LogP contribution < -0.4 is 10.6 Å². The number of thiophene rings is 1. The predicted octanol–water partition coefficient (Wildman–Crippen LogP) is 2.05. The highest BCUT2D eigenvalue weighted by atomic mass is 32.1. The Hall–Kier alpha value is -2.34. The van der Waals surface area contributed by atoms with Gasteiger partial charge in [-0.2, -0.15) is 11.3 Å². The lowest BCUT2D eigenvalue weighted by atomic mass is 10.1. The van der Waals surface area contributed by atoms with E-state index >= 15 is 0 Å². The van der Waals surface area contributed by atoms with E-state index in [-0.39, 0.29) is 11.7 Å². The molecular formula is C14H15N3O2S. The third-order valence-corrected chi connectivity index (χ3v) is 3.70. The Bertz CT molecular complexity index is 606. The van der Waals surface area contributed by atoms with E-state index in [1.165, 1.54) is 0 Å². The maximum atomic E-state index is 12.1. The number of nitrogens with two attached hydrogens (primary N) is 1. The van der Waals surface area contributed by atoms with Gasteiger partial charge in [0.15, 0.2) is 5.84 Å². The van der Waals surface area contributed by atoms with Crippen molar-refractivity contribution in [3.63, 3.8) is 0 Å². The van der Waals surface area contributed by atoms with E-state index in [2.05, 4.69) is 5.16 Å². The van der Waals surface area contributed by atoms with Gasteiger partial charge in [0.2, 0.25) is 5.91 Å². The molecular weight excluding hydrogens is 274 g/mol. The summed E-state index contributed by atoms with van der Waals surface area (Å²) in [6.07, 6.45) is 0.377. The Morgan fingerprint density at radius 3 is 2.60 bits per heavy atom. The number of benzene rings is 1. The third-order valence-electron chi connectivity index (χ3n) is 2.97. The monoisotopic (exact) mass is 289 g/mol. The summed E-state index contributed by atoms with van der Waals surface area (Å²) >= 11 is 1.58. The van der Waals surface area contributed by atoms with Crippen LogP contribution in [0.4, 0.5) is 5.69 Å². The van der Waals surface area contributed by atoms with Crippen molar-refractivity contribution in [2.45, 2.75) is 6.42 Å². The molecule has 0 saturated carbocycles. The fourth-order valence-electron chi connectivity index (χ4n) is 1.74. The molecule has 6 heteroatoms. The van der Waals surface area contributed by atoms with Crippen molar-refractivity contribution in [3.8, 4) is 0 Å². The quantitative estimate of drug-likeness (QED) is 0.391. The minimum absolute atomic E-state index is 0.0138. The van der Waals surface area contributed by atoms with Gasteiger partial charge in [0.05, 0.1) is 6.42 Å². The number of hydrogen-bond donors (Lipinski definition) is 2. The zero-order chi connectivity index (χ0) is 14.5. The van der Waals surface area contributed by atoms with Gasteiger partial charge >= 0.3 is 0 Å². The molecule has 2 rings (SSSR count). The number of hydrogen-bond acceptors (Lipinski definition) is 4. The van der Waals surface area contributed by atoms with Gasteiger partial charge in [0.25, 0.3) is 0 Å². The van der Waals surface area contributed by atoms with Crippen molar-refractivity contribution in [2.24, 2.45) is 10.9 Å². The highest BCUT2D eigenvalue weighted by Crippen LogP contribution is 2.16. The molecule has 0 atom stereocenters. The maximum Gasteiger partial charge on any atom is 0.231 e. The Morgan fingerprint density at radius 1 is 1.35 bits per heavy atom. The SMILES string of the molecule is CN(C(=O)Cc1ccsc1)c1ccc(C(N)=NO)cc1. The summed E-state index contributed by atoms with van der Waals surface area (Å²) < 4.78 is 0. The van der Waals surface area contributed by atoms with E-state index < -0.39 is 0 Å². The summed E-state index contributed by atoms with van der Waals surface area (Å²) in [5, 5.41) is 15.4. The van der Waals surface area contributed by atoms with E-state index in [4.69, 9.17) is 10.9 Å². The molecule has 0 aliphatic carbocycles. The Balaban J connectivity index is 2.08. The molecule has 0 spiro atoms. The molecule has 0 radical (unpaired) electrons. The largest absolute Gasteiger partial charge is 0.409 e. The topological polar surface area (TPSA) is 78.9 Å². The molecule has 0 aliphatic rings. The Labute approximate surface area is 120 Å². The zero-order valence-electron chi connectivity index (χ0n) is 11.0. The van der Waals surface area contributed by atoms with Crippen molar-refractivity contribution in [1.82, 2.24) is 0 Å². The van der Waals surface area contributed by atoms with Crippen LogP contribution in [-0.2, 0) is 11.2 Å². The summed E-state index contributed by atoms with van der Waals surface area (Å²) in [7, 11) is 1.73. The number of carbonyl (C=O) groups is 1. The number of amides is 1. The summed E-state index contributed by atoms with van der Waals surface area (Å²) in [6.45, 7) is 0. The molecule has 104 valence electrons. The zero-order valence-corrected chi connectivity index (χ0v) is 11.8. The minimum Gasteiger partial charge on any atom is -0.409 e. The standard InChI is InChI=1S/C14H15N3O2S/c1-17(13(18)8-10-6-7-20-9-10)12-4-2-11(3-5-12)14(15)16-19/h2-7,9,19H,8H2,1H3,(H2,15,16). The lowest BCUT2D eigenvalue weighted by Gasteiger charge is -2.17. The van der Waals surface area contributed by atoms with E-state index in [1.807, 2.05) is 16.8 Å². The number of amidine groups is 1. The van der Waals surface area contributed by atoms with E-state index in [1.54, 1.807) is 47.5 Å². The van der Waals surface area contributed by atoms with Crippen LogP contribution >= 0.6 is 11.3 Å². The first-order valence-corrected chi connectivity index (χ1v) is 6.91. The lowest BCUT2D eigenvalue weighted by Crippen LogP contribution is -2.27. The molecule has 1 heterocycles. The van der Waals surface area contributed by atoms with Crippen LogP contribution in [0, 0.1) is 0 Å². The first kappa shape index (κ1) is 14.1. The van der Waals surface area contributed by atoms with Crippen LogP contribution in [0.2, 0.25) is 0 Å². The van der Waals surface area contributed by atoms with Gasteiger partial charge in [-0.3, -0.25) is 4.79 Å². The molecule has 0 unspecified atom stereocenters. The fourth-order valence-corrected chi connectivity index (χ4v) is 2.41. The van der Waals surface area contributed by atoms with Gasteiger partial charge in [0.1, 0.15) is 0 Å². The second-order valence-electron chi connectivity index (χ2n) is 4.29. The van der Waals surface area contributed by atoms with Gasteiger partial charge in [-0.25, -0.2) is 0 Å². The van der Waals surface area contributed by atoms with Crippen molar-refractivity contribution >= 4 is 28.8 Å². The van der Waals surface area contributed by atoms with Crippen LogP contribution in [0.5, 0.6) is 0 Å². The summed E-state index contributed by atoms with van der Waals surface area (Å²) in [5.41, 5.74) is 7.88. The van der Waals surface area contributed by atoms with Crippen LogP contribution in [0.1, 0.15) is 11.1 Å². The molecule has 0 aliphatic heterocycles. The molecule has 0 saturated heterocycles. The second kappa shape index (κ2) is 6.21. The first-order valence-electron chi connectivity index (χ1n) is 5.97. The second-order valence-corrected chi connectivity index (χ2v) is 5.07. The van der Waals surface area contributed by atoms with E-state index in [0.29, 0.717) is 12.0 Å². The normalized spacial score (nSPS) is 11.3. The molecule has 1 amide bonds. The molecule has 20 heavy (non-hydrogen) atoms. The number of rotatable bonds is 4. The first-order chi connectivity index (χ1) is 9.61. The van der Waals surface area contributed by atoms with E-state index in [9.17, 15) is 4.79 Å². The molecule has 3 N–H and O–H groups in total. The highest BCUT2D eigenvalue weighted by molar-refractivity contribution is 7.08. The van der Waals surface area contributed by atoms with Crippen LogP contribution in [-0.4, -0.2) is 24.0 Å². The summed E-state index contributed by atoms with van der Waals surface area (Å²) in [5.74, 6) is 0.0590. The molecule has 0 fully saturated rings. The summed E-state index contributed by atoms with van der Waals surface area (Å²) in [4.78, 5) is 13.7. The van der Waals surface area contributed by atoms with Crippen LogP contribution in [0.3, 0.4) is 0 Å². The molecule has 1 aromatic carbocycles. The van der Waals surface area contributed by atoms with Gasteiger partial charge in [0, 0.05) is 18.3 Å². The van der Waals surface area contributed by atoms with Crippen LogP contribution in [0.25, 0.3) is 0 Å². The van der Waals surface area contributed by atoms with Crippen molar-refractivity contribution < 1.29 is 10.0 Å². The number of likely N-dealkylation sites (N-methyl/N-ethyl adjacent to an activating group) is 1. The predicted molar refractivity (Wildman–Crippen MR) is 80.4 cm³/mol. The Kier molecular flexibility index (Phi) is 4.37. The van der Waals surface area contributed by atoms with Crippen molar-refractivity contribution in [2.75, 3.05) is 11.9 Å². The number of anilines is 1. The molecule has 2 aromatic rings. The fraction of sp³-hybridized carbons (Fsp3) is 0.143. The highest BCUT2D eigenvalue weighted by Gasteiger charge is 2.12. The number of carbonyl (C=O) groups excluding carboxylic acids is 1. The summed E-state index contributed by atoms with van der Waals surface area (Å²) in [6, 6.07) is 8.88. The maximum absolute atomic E-state index is 12.1. The molecule has 0 bridgehead atoms. The minimum atomic E-state index is 0.0138. The van der Waals surface area contributed by atoms with Crippen LogP contribution in [0.15, 0.2) is 46.2 Å². The lowest BCUT2D eigenvalue weighted by molar-refractivity contribution is -0.117. The smallest absolute Gasteiger partial charge is 0.231 e. The van der Waals surface area contributed by atoms with Gasteiger partial charge in [-0.1, -0.05) is 5.16 Å². The van der Waals surface area contributed by atoms with Gasteiger partial charge in [-0.05, 0) is 46.7 Å². The Morgan fingerprint density at radius 2 is 2.05 bits per heavy atom. The van der Waals surface area contributed by atoms with Gasteiger partial charge in [-0.15, -0.1) is 0 Å². The number of nitrogens with zero attached hydrogens (tertiary/aromatic N) is 2. The third kappa shape index (κ3) is 3.16. The molecule has 1 aromatic heterocycles. The number of oxime groups is 1. The van der Waals surface area contributed by atoms with Crippen molar-refractivity contribution in [1.29, 1.82) is 0 Å². The van der Waals surface area contributed by atoms with Gasteiger partial charge < -0.3 is 15.8 Å². The van der Waals surface area contributed by atoms with Crippen molar-refractivity contribution in [3.05, 3.63) is 52.2 Å². The average molecular weight is 289 g/mol. The van der Waals surface area contributed by atoms with E-state index in [0.717, 1.165) is 11.3 Å². The average Bonchev–Trinajstić information content (AvgIpc) is 2.98. The molecule has 5 nitrogen and oxygen atoms in total.